The molecular formula is C14H28ClN3O2. The number of rotatable bonds is 4. The van der Waals surface area contributed by atoms with Gasteiger partial charge in [0.1, 0.15) is 0 Å². The number of piperazine rings is 1. The van der Waals surface area contributed by atoms with Gasteiger partial charge in [0.15, 0.2) is 0 Å². The Hall–Kier alpha value is -0.360. The van der Waals surface area contributed by atoms with Crippen LogP contribution in [-0.4, -0.2) is 67.2 Å². The molecule has 2 aliphatic rings. The second-order valence-corrected chi connectivity index (χ2v) is 5.60. The van der Waals surface area contributed by atoms with Crippen LogP contribution in [0.5, 0.6) is 0 Å². The van der Waals surface area contributed by atoms with Gasteiger partial charge in [-0.05, 0) is 19.3 Å². The Kier molecular flexibility index (Phi) is 7.80. The first-order chi connectivity index (χ1) is 9.22. The number of nitrogens with two attached hydrogens (primary N) is 1. The fraction of sp³-hybridized carbons (Fsp3) is 0.929. The smallest absolute Gasteiger partial charge is 0.239 e. The molecule has 0 spiro atoms. The summed E-state index contributed by atoms with van der Waals surface area (Å²) in [6, 6.07) is 0.343. The van der Waals surface area contributed by atoms with Crippen LogP contribution >= 0.6 is 12.4 Å². The van der Waals surface area contributed by atoms with Crippen molar-refractivity contribution in [2.75, 3.05) is 39.4 Å². The topological polar surface area (TPSA) is 58.8 Å². The molecule has 2 heterocycles. The van der Waals surface area contributed by atoms with Crippen LogP contribution in [0.2, 0.25) is 0 Å². The molecule has 2 N–H and O–H groups in total. The molecule has 118 valence electrons. The highest BCUT2D eigenvalue weighted by molar-refractivity contribution is 5.85. The van der Waals surface area contributed by atoms with E-state index in [-0.39, 0.29) is 24.4 Å². The molecule has 1 atom stereocenters. The van der Waals surface area contributed by atoms with Gasteiger partial charge in [0.2, 0.25) is 5.91 Å². The van der Waals surface area contributed by atoms with E-state index in [0.717, 1.165) is 65.1 Å². The summed E-state index contributed by atoms with van der Waals surface area (Å²) in [4.78, 5) is 16.6. The molecule has 2 rings (SSSR count). The average Bonchev–Trinajstić information content (AvgIpc) is 2.48. The highest BCUT2D eigenvalue weighted by Gasteiger charge is 2.28. The molecule has 0 radical (unpaired) electrons. The van der Waals surface area contributed by atoms with Crippen LogP contribution in [0.4, 0.5) is 0 Å². The summed E-state index contributed by atoms with van der Waals surface area (Å²) in [5.41, 5.74) is 5.91. The third-order valence-corrected chi connectivity index (χ3v) is 4.25. The van der Waals surface area contributed by atoms with E-state index in [9.17, 15) is 4.79 Å². The minimum absolute atomic E-state index is 0. The number of ether oxygens (including phenoxy) is 1. The Balaban J connectivity index is 0.00000200. The van der Waals surface area contributed by atoms with Crippen LogP contribution in [0.3, 0.4) is 0 Å². The lowest BCUT2D eigenvalue weighted by atomic mass is 10.1. The van der Waals surface area contributed by atoms with Crippen molar-refractivity contribution in [2.45, 2.75) is 44.7 Å². The van der Waals surface area contributed by atoms with E-state index in [4.69, 9.17) is 10.5 Å². The number of nitrogens with zero attached hydrogens (tertiary/aromatic N) is 2. The summed E-state index contributed by atoms with van der Waals surface area (Å²) in [5.74, 6) is 0.133. The zero-order valence-corrected chi connectivity index (χ0v) is 13.2. The van der Waals surface area contributed by atoms with E-state index >= 15 is 0 Å². The first-order valence-electron chi connectivity index (χ1n) is 7.58. The number of halogens is 1. The highest BCUT2D eigenvalue weighted by Crippen LogP contribution is 2.16. The maximum Gasteiger partial charge on any atom is 0.239 e. The second kappa shape index (κ2) is 8.82. The lowest BCUT2D eigenvalue weighted by molar-refractivity contribution is -0.135. The van der Waals surface area contributed by atoms with E-state index in [0.29, 0.717) is 6.04 Å². The van der Waals surface area contributed by atoms with Gasteiger partial charge >= 0.3 is 0 Å². The number of hydrogen-bond acceptors (Lipinski definition) is 4. The van der Waals surface area contributed by atoms with Gasteiger partial charge in [-0.1, -0.05) is 13.3 Å². The van der Waals surface area contributed by atoms with Gasteiger partial charge in [-0.3, -0.25) is 9.69 Å². The van der Waals surface area contributed by atoms with Gasteiger partial charge in [0.25, 0.3) is 0 Å². The van der Waals surface area contributed by atoms with E-state index in [1.54, 1.807) is 0 Å². The Morgan fingerprint density at radius 1 is 1.25 bits per heavy atom. The lowest BCUT2D eigenvalue weighted by Crippen LogP contribution is -2.55. The first-order valence-corrected chi connectivity index (χ1v) is 7.58. The number of carbonyl (C=O) groups is 1. The normalized spacial score (nSPS) is 23.2. The highest BCUT2D eigenvalue weighted by atomic mass is 35.5. The molecule has 5 nitrogen and oxygen atoms in total. The van der Waals surface area contributed by atoms with Crippen molar-refractivity contribution in [1.82, 2.24) is 9.80 Å². The molecule has 20 heavy (non-hydrogen) atoms. The second-order valence-electron chi connectivity index (χ2n) is 5.60. The van der Waals surface area contributed by atoms with Crippen molar-refractivity contribution in [3.63, 3.8) is 0 Å². The van der Waals surface area contributed by atoms with Gasteiger partial charge in [-0.15, -0.1) is 12.4 Å². The molecule has 0 bridgehead atoms. The molecule has 2 fully saturated rings. The summed E-state index contributed by atoms with van der Waals surface area (Å²) in [7, 11) is 0. The SMILES string of the molecule is CCCC(N)C(=O)N1CCN(C2CCOCC2)CC1.Cl. The molecule has 0 aromatic rings. The van der Waals surface area contributed by atoms with Gasteiger partial charge < -0.3 is 15.4 Å². The maximum atomic E-state index is 12.1. The minimum atomic E-state index is -0.306. The fourth-order valence-electron chi connectivity index (χ4n) is 3.03. The predicted molar refractivity (Wildman–Crippen MR) is 82.1 cm³/mol. The number of carbonyl (C=O) groups excluding carboxylic acids is 1. The molecule has 0 aromatic carbocycles. The number of amides is 1. The zero-order chi connectivity index (χ0) is 13.7. The fourth-order valence-corrected chi connectivity index (χ4v) is 3.03. The monoisotopic (exact) mass is 305 g/mol. The van der Waals surface area contributed by atoms with Gasteiger partial charge in [0.05, 0.1) is 6.04 Å². The number of hydrogen-bond donors (Lipinski definition) is 1. The largest absolute Gasteiger partial charge is 0.381 e. The summed E-state index contributed by atoms with van der Waals surface area (Å²) >= 11 is 0. The van der Waals surface area contributed by atoms with E-state index in [2.05, 4.69) is 11.8 Å². The molecular weight excluding hydrogens is 278 g/mol. The summed E-state index contributed by atoms with van der Waals surface area (Å²) in [5, 5.41) is 0. The van der Waals surface area contributed by atoms with Crippen LogP contribution in [0.25, 0.3) is 0 Å². The van der Waals surface area contributed by atoms with E-state index < -0.39 is 0 Å². The third kappa shape index (κ3) is 4.58. The minimum Gasteiger partial charge on any atom is -0.381 e. The van der Waals surface area contributed by atoms with Gasteiger partial charge in [0, 0.05) is 45.4 Å². The summed E-state index contributed by atoms with van der Waals surface area (Å²) in [6.45, 7) is 7.44. The molecule has 1 amide bonds. The molecule has 0 aromatic heterocycles. The quantitative estimate of drug-likeness (QED) is 0.837. The van der Waals surface area contributed by atoms with Crippen LogP contribution < -0.4 is 5.73 Å². The molecule has 2 aliphatic heterocycles. The Labute approximate surface area is 128 Å². The van der Waals surface area contributed by atoms with Crippen LogP contribution in [0, 0.1) is 0 Å². The Bertz CT molecular complexity index is 290. The van der Waals surface area contributed by atoms with Crippen LogP contribution in [-0.2, 0) is 9.53 Å². The molecule has 1 unspecified atom stereocenters. The van der Waals surface area contributed by atoms with Gasteiger partial charge in [-0.2, -0.15) is 0 Å². The van der Waals surface area contributed by atoms with Crippen molar-refractivity contribution in [3.8, 4) is 0 Å². The Morgan fingerprint density at radius 3 is 2.40 bits per heavy atom. The van der Waals surface area contributed by atoms with Crippen molar-refractivity contribution in [1.29, 1.82) is 0 Å². The third-order valence-electron chi connectivity index (χ3n) is 4.25. The van der Waals surface area contributed by atoms with Gasteiger partial charge in [-0.25, -0.2) is 0 Å². The Morgan fingerprint density at radius 2 is 1.85 bits per heavy atom. The van der Waals surface area contributed by atoms with E-state index in [1.807, 2.05) is 4.90 Å². The van der Waals surface area contributed by atoms with Crippen molar-refractivity contribution in [2.24, 2.45) is 5.73 Å². The van der Waals surface area contributed by atoms with Crippen molar-refractivity contribution in [3.05, 3.63) is 0 Å². The standard InChI is InChI=1S/C14H27N3O2.ClH/c1-2-3-13(15)14(18)17-8-6-16(7-9-17)12-4-10-19-11-5-12;/h12-13H,2-11,15H2,1H3;1H. The van der Waals surface area contributed by atoms with Crippen LogP contribution in [0.15, 0.2) is 0 Å². The molecule has 2 saturated heterocycles. The molecule has 6 heteroatoms. The zero-order valence-electron chi connectivity index (χ0n) is 12.4. The summed E-state index contributed by atoms with van der Waals surface area (Å²) in [6.07, 6.45) is 4.01. The summed E-state index contributed by atoms with van der Waals surface area (Å²) < 4.78 is 5.40. The first kappa shape index (κ1) is 17.7. The van der Waals surface area contributed by atoms with E-state index in [1.165, 1.54) is 0 Å². The average molecular weight is 306 g/mol. The molecule has 0 saturated carbocycles. The van der Waals surface area contributed by atoms with Crippen molar-refractivity contribution < 1.29 is 9.53 Å². The van der Waals surface area contributed by atoms with Crippen molar-refractivity contribution >= 4 is 18.3 Å². The maximum absolute atomic E-state index is 12.1. The predicted octanol–water partition coefficient (Wildman–Crippen LogP) is 0.859. The van der Waals surface area contributed by atoms with Crippen LogP contribution in [0.1, 0.15) is 32.6 Å². The lowest BCUT2D eigenvalue weighted by Gasteiger charge is -2.41. The molecule has 0 aliphatic carbocycles.